The molecule has 0 spiro atoms. The number of nitrogens with zero attached hydrogens (tertiary/aromatic N) is 3. The zero-order valence-corrected chi connectivity index (χ0v) is 15.7. The van der Waals surface area contributed by atoms with Crippen LogP contribution in [-0.4, -0.2) is 45.4 Å². The monoisotopic (exact) mass is 370 g/mol. The lowest BCUT2D eigenvalue weighted by Gasteiger charge is -2.35. The SMILES string of the molecule is CC[C@H]1CCCCN1C(=O)CCNC(=O)Cn1cnc2ccccc2c1=O. The maximum atomic E-state index is 12.4. The highest BCUT2D eigenvalue weighted by Crippen LogP contribution is 2.20. The van der Waals surface area contributed by atoms with Crippen molar-refractivity contribution in [1.29, 1.82) is 0 Å². The van der Waals surface area contributed by atoms with Crippen molar-refractivity contribution in [2.75, 3.05) is 13.1 Å². The molecule has 0 unspecified atom stereocenters. The summed E-state index contributed by atoms with van der Waals surface area (Å²) in [6, 6.07) is 7.36. The molecule has 1 N–H and O–H groups in total. The van der Waals surface area contributed by atoms with E-state index in [4.69, 9.17) is 0 Å². The fraction of sp³-hybridized carbons (Fsp3) is 0.500. The Kier molecular flexibility index (Phi) is 6.21. The molecule has 3 rings (SSSR count). The largest absolute Gasteiger partial charge is 0.354 e. The van der Waals surface area contributed by atoms with Crippen LogP contribution >= 0.6 is 0 Å². The number of benzene rings is 1. The summed E-state index contributed by atoms with van der Waals surface area (Å²) < 4.78 is 1.29. The number of piperidine rings is 1. The fourth-order valence-corrected chi connectivity index (χ4v) is 3.64. The first-order chi connectivity index (χ1) is 13.1. The number of carbonyl (C=O) groups excluding carboxylic acids is 2. The lowest BCUT2D eigenvalue weighted by Crippen LogP contribution is -2.44. The van der Waals surface area contributed by atoms with Crippen LogP contribution in [0.5, 0.6) is 0 Å². The second kappa shape index (κ2) is 8.79. The van der Waals surface area contributed by atoms with Gasteiger partial charge in [0.2, 0.25) is 11.8 Å². The van der Waals surface area contributed by atoms with Gasteiger partial charge in [0.15, 0.2) is 0 Å². The maximum Gasteiger partial charge on any atom is 0.261 e. The van der Waals surface area contributed by atoms with Crippen molar-refractivity contribution in [1.82, 2.24) is 19.8 Å². The normalized spacial score (nSPS) is 17.1. The first-order valence-corrected chi connectivity index (χ1v) is 9.60. The zero-order chi connectivity index (χ0) is 19.2. The number of carbonyl (C=O) groups is 2. The molecule has 7 heteroatoms. The van der Waals surface area contributed by atoms with Gasteiger partial charge in [-0.2, -0.15) is 0 Å². The third kappa shape index (κ3) is 4.53. The number of likely N-dealkylation sites (tertiary alicyclic amines) is 1. The quantitative estimate of drug-likeness (QED) is 0.839. The molecule has 27 heavy (non-hydrogen) atoms. The number of hydrogen-bond donors (Lipinski definition) is 1. The predicted molar refractivity (Wildman–Crippen MR) is 103 cm³/mol. The Morgan fingerprint density at radius 2 is 2.07 bits per heavy atom. The van der Waals surface area contributed by atoms with Gasteiger partial charge in [-0.15, -0.1) is 0 Å². The van der Waals surface area contributed by atoms with Crippen LogP contribution in [0.15, 0.2) is 35.4 Å². The molecule has 0 aliphatic carbocycles. The number of amides is 2. The Hall–Kier alpha value is -2.70. The molecule has 144 valence electrons. The van der Waals surface area contributed by atoms with E-state index >= 15 is 0 Å². The van der Waals surface area contributed by atoms with Gasteiger partial charge in [-0.1, -0.05) is 19.1 Å². The standard InChI is InChI=1S/C20H26N4O3/c1-2-15-7-5-6-12-24(15)19(26)10-11-21-18(25)13-23-14-22-17-9-4-3-8-16(17)20(23)27/h3-4,8-9,14-15H,2,5-7,10-13H2,1H3,(H,21,25)/t15-/m0/s1. The van der Waals surface area contributed by atoms with E-state index in [1.807, 2.05) is 11.0 Å². The van der Waals surface area contributed by atoms with Gasteiger partial charge < -0.3 is 10.2 Å². The fourth-order valence-electron chi connectivity index (χ4n) is 3.64. The van der Waals surface area contributed by atoms with Crippen LogP contribution in [0.2, 0.25) is 0 Å². The molecule has 0 saturated carbocycles. The van der Waals surface area contributed by atoms with Crippen molar-refractivity contribution in [3.05, 3.63) is 40.9 Å². The van der Waals surface area contributed by atoms with Gasteiger partial charge in [-0.3, -0.25) is 19.0 Å². The molecular weight excluding hydrogens is 344 g/mol. The van der Waals surface area contributed by atoms with Gasteiger partial charge >= 0.3 is 0 Å². The highest BCUT2D eigenvalue weighted by atomic mass is 16.2. The van der Waals surface area contributed by atoms with E-state index in [1.165, 1.54) is 17.3 Å². The first-order valence-electron chi connectivity index (χ1n) is 9.60. The number of fused-ring (bicyclic) bond motifs is 1. The molecule has 2 aromatic rings. The van der Waals surface area contributed by atoms with Crippen molar-refractivity contribution < 1.29 is 9.59 Å². The lowest BCUT2D eigenvalue weighted by atomic mass is 9.99. The minimum Gasteiger partial charge on any atom is -0.354 e. The average Bonchev–Trinajstić information content (AvgIpc) is 2.70. The third-order valence-electron chi connectivity index (χ3n) is 5.13. The molecule has 2 heterocycles. The summed E-state index contributed by atoms with van der Waals surface area (Å²) in [5, 5.41) is 3.22. The smallest absolute Gasteiger partial charge is 0.261 e. The molecular formula is C20H26N4O3. The Morgan fingerprint density at radius 3 is 2.89 bits per heavy atom. The number of aromatic nitrogens is 2. The van der Waals surface area contributed by atoms with Crippen LogP contribution in [0, 0.1) is 0 Å². The molecule has 2 amide bonds. The van der Waals surface area contributed by atoms with Crippen LogP contribution in [0.4, 0.5) is 0 Å². The number of hydrogen-bond acceptors (Lipinski definition) is 4. The lowest BCUT2D eigenvalue weighted by molar-refractivity contribution is -0.134. The molecule has 7 nitrogen and oxygen atoms in total. The summed E-state index contributed by atoms with van der Waals surface area (Å²) in [5.41, 5.74) is 0.364. The van der Waals surface area contributed by atoms with Crippen LogP contribution in [0.3, 0.4) is 0 Å². The van der Waals surface area contributed by atoms with Gasteiger partial charge in [0.05, 0.1) is 17.2 Å². The molecule has 1 aromatic heterocycles. The van der Waals surface area contributed by atoms with Crippen molar-refractivity contribution in [2.45, 2.75) is 51.6 Å². The van der Waals surface area contributed by atoms with Gasteiger partial charge in [0, 0.05) is 25.6 Å². The maximum absolute atomic E-state index is 12.4. The minimum absolute atomic E-state index is 0.0892. The van der Waals surface area contributed by atoms with E-state index < -0.39 is 0 Å². The van der Waals surface area contributed by atoms with Crippen LogP contribution < -0.4 is 10.9 Å². The molecule has 1 atom stereocenters. The van der Waals surface area contributed by atoms with Crippen molar-refractivity contribution >= 4 is 22.7 Å². The molecule has 0 bridgehead atoms. The molecule has 1 saturated heterocycles. The summed E-state index contributed by atoms with van der Waals surface area (Å²) in [7, 11) is 0. The van der Waals surface area contributed by atoms with Crippen molar-refractivity contribution in [3.63, 3.8) is 0 Å². The summed E-state index contributed by atoms with van der Waals surface area (Å²) >= 11 is 0. The van der Waals surface area contributed by atoms with Crippen LogP contribution in [0.25, 0.3) is 10.9 Å². The van der Waals surface area contributed by atoms with E-state index in [9.17, 15) is 14.4 Å². The van der Waals surface area contributed by atoms with Gasteiger partial charge in [-0.25, -0.2) is 4.98 Å². The van der Waals surface area contributed by atoms with Gasteiger partial charge in [-0.05, 0) is 37.8 Å². The second-order valence-corrected chi connectivity index (χ2v) is 6.94. The topological polar surface area (TPSA) is 84.3 Å². The van der Waals surface area contributed by atoms with E-state index in [1.54, 1.807) is 18.2 Å². The van der Waals surface area contributed by atoms with Gasteiger partial charge in [0.1, 0.15) is 6.54 Å². The highest BCUT2D eigenvalue weighted by molar-refractivity contribution is 5.80. The number of rotatable bonds is 6. The Balaban J connectivity index is 1.52. The molecule has 1 aliphatic heterocycles. The van der Waals surface area contributed by atoms with Crippen LogP contribution in [-0.2, 0) is 16.1 Å². The predicted octanol–water partition coefficient (Wildman–Crippen LogP) is 1.69. The summed E-state index contributed by atoms with van der Waals surface area (Å²) in [4.78, 5) is 43.1. The molecule has 0 radical (unpaired) electrons. The Morgan fingerprint density at radius 1 is 1.26 bits per heavy atom. The van der Waals surface area contributed by atoms with Crippen molar-refractivity contribution in [2.24, 2.45) is 0 Å². The molecule has 1 fully saturated rings. The number of para-hydroxylation sites is 1. The summed E-state index contributed by atoms with van der Waals surface area (Å²) in [6.07, 6.45) is 5.92. The van der Waals surface area contributed by atoms with Crippen molar-refractivity contribution in [3.8, 4) is 0 Å². The van der Waals surface area contributed by atoms with E-state index in [0.29, 0.717) is 16.9 Å². The minimum atomic E-state index is -0.298. The first kappa shape index (κ1) is 19.1. The Labute approximate surface area is 158 Å². The second-order valence-electron chi connectivity index (χ2n) is 6.94. The summed E-state index contributed by atoms with van der Waals surface area (Å²) in [5.74, 6) is -0.209. The Bertz CT molecular complexity index is 877. The summed E-state index contributed by atoms with van der Waals surface area (Å²) in [6.45, 7) is 3.09. The third-order valence-corrected chi connectivity index (χ3v) is 5.13. The highest BCUT2D eigenvalue weighted by Gasteiger charge is 2.24. The molecule has 1 aliphatic rings. The molecule has 1 aromatic carbocycles. The zero-order valence-electron chi connectivity index (χ0n) is 15.7. The van der Waals surface area contributed by atoms with Crippen LogP contribution in [0.1, 0.15) is 39.0 Å². The van der Waals surface area contributed by atoms with E-state index in [0.717, 1.165) is 25.8 Å². The van der Waals surface area contributed by atoms with Gasteiger partial charge in [0.25, 0.3) is 5.56 Å². The van der Waals surface area contributed by atoms with E-state index in [-0.39, 0.29) is 36.9 Å². The average molecular weight is 370 g/mol. The number of nitrogens with one attached hydrogen (secondary N) is 1. The van der Waals surface area contributed by atoms with E-state index in [2.05, 4.69) is 17.2 Å².